The van der Waals surface area contributed by atoms with Gasteiger partial charge < -0.3 is 15.2 Å². The molecule has 0 saturated carbocycles. The third-order valence-corrected chi connectivity index (χ3v) is 3.49. The van der Waals surface area contributed by atoms with Gasteiger partial charge in [0.15, 0.2) is 11.5 Å². The molecule has 0 aliphatic carbocycles. The zero-order valence-corrected chi connectivity index (χ0v) is 15.1. The summed E-state index contributed by atoms with van der Waals surface area (Å²) in [6.07, 6.45) is 0.832. The molecule has 0 radical (unpaired) electrons. The van der Waals surface area contributed by atoms with Crippen LogP contribution in [0.15, 0.2) is 41.5 Å². The van der Waals surface area contributed by atoms with Crippen molar-refractivity contribution in [2.75, 3.05) is 11.9 Å². The Labute approximate surface area is 159 Å². The van der Waals surface area contributed by atoms with E-state index < -0.39 is 24.1 Å². The zero-order chi connectivity index (χ0) is 19.8. The van der Waals surface area contributed by atoms with Gasteiger partial charge in [0.1, 0.15) is 12.2 Å². The second-order valence-corrected chi connectivity index (χ2v) is 5.71. The second kappa shape index (κ2) is 9.54. The normalized spacial score (nSPS) is 10.6. The molecule has 0 unspecified atom stereocenters. The van der Waals surface area contributed by atoms with Crippen molar-refractivity contribution in [3.63, 3.8) is 0 Å². The van der Waals surface area contributed by atoms with Gasteiger partial charge in [-0.3, -0.25) is 9.59 Å². The summed E-state index contributed by atoms with van der Waals surface area (Å²) >= 11 is 5.90. The minimum absolute atomic E-state index is 0.0763. The lowest BCUT2D eigenvalue weighted by Crippen LogP contribution is -2.24. The maximum Gasteiger partial charge on any atom is 0.249 e. The molecule has 27 heavy (non-hydrogen) atoms. The van der Waals surface area contributed by atoms with Gasteiger partial charge in [0, 0.05) is 5.69 Å². The number of phenolic OH excluding ortho intramolecular Hbond substituents is 1. The highest BCUT2D eigenvalue weighted by Crippen LogP contribution is 2.34. The molecule has 2 aromatic rings. The number of aromatic hydroxyl groups is 1. The molecule has 0 saturated heterocycles. The summed E-state index contributed by atoms with van der Waals surface area (Å²) in [6, 6.07) is 8.10. The topological polar surface area (TPSA) is 100 Å². The van der Waals surface area contributed by atoms with E-state index in [1.807, 2.05) is 0 Å². The molecule has 0 aliphatic heterocycles. The average molecular weight is 394 g/mol. The van der Waals surface area contributed by atoms with Crippen LogP contribution in [0.5, 0.6) is 11.5 Å². The highest BCUT2D eigenvalue weighted by atomic mass is 35.5. The summed E-state index contributed by atoms with van der Waals surface area (Å²) in [5, 5.41) is 16.0. The van der Waals surface area contributed by atoms with Crippen LogP contribution < -0.4 is 15.5 Å². The van der Waals surface area contributed by atoms with Crippen LogP contribution in [-0.2, 0) is 9.59 Å². The van der Waals surface area contributed by atoms with Gasteiger partial charge in [-0.05, 0) is 48.9 Å². The number of phenols is 1. The molecule has 2 amide bonds. The monoisotopic (exact) mass is 393 g/mol. The van der Waals surface area contributed by atoms with Crippen molar-refractivity contribution >= 4 is 35.3 Å². The summed E-state index contributed by atoms with van der Waals surface area (Å²) in [6.45, 7) is 2.09. The van der Waals surface area contributed by atoms with Crippen LogP contribution in [0.3, 0.4) is 0 Å². The third kappa shape index (κ3) is 6.27. The van der Waals surface area contributed by atoms with Crippen molar-refractivity contribution in [1.29, 1.82) is 0 Å². The molecule has 0 bridgehead atoms. The summed E-state index contributed by atoms with van der Waals surface area (Å²) in [5.74, 6) is -1.63. The van der Waals surface area contributed by atoms with Gasteiger partial charge in [0.2, 0.25) is 11.8 Å². The summed E-state index contributed by atoms with van der Waals surface area (Å²) in [5.41, 5.74) is 3.06. The van der Waals surface area contributed by atoms with E-state index >= 15 is 0 Å². The van der Waals surface area contributed by atoms with Gasteiger partial charge in [0.25, 0.3) is 0 Å². The molecule has 3 N–H and O–H groups in total. The van der Waals surface area contributed by atoms with Crippen LogP contribution in [0.2, 0.25) is 5.02 Å². The number of hydrogen-bond donors (Lipinski definition) is 3. The lowest BCUT2D eigenvalue weighted by Gasteiger charge is -2.08. The number of carbonyl (C=O) groups is 2. The molecule has 0 aliphatic rings. The highest BCUT2D eigenvalue weighted by Gasteiger charge is 2.10. The Hall–Kier alpha value is -3.13. The second-order valence-electron chi connectivity index (χ2n) is 5.31. The standard InChI is InChI=1S/C18H17ClFN3O4/c1-2-27-15-8-11(7-14(19)18(15)26)10-21-23-17(25)9-16(24)22-13-5-3-12(20)4-6-13/h3-8,10,26H,2,9H2,1H3,(H,22,24)(H,23,25)/b21-10+. The lowest BCUT2D eigenvalue weighted by molar-refractivity contribution is -0.126. The molecule has 0 aromatic heterocycles. The Morgan fingerprint density at radius 1 is 1.26 bits per heavy atom. The molecule has 0 fully saturated rings. The zero-order valence-electron chi connectivity index (χ0n) is 14.3. The molecular weight excluding hydrogens is 377 g/mol. The summed E-state index contributed by atoms with van der Waals surface area (Å²) in [4.78, 5) is 23.5. The Kier molecular flexibility index (Phi) is 7.13. The predicted octanol–water partition coefficient (Wildman–Crippen LogP) is 3.06. The van der Waals surface area contributed by atoms with Gasteiger partial charge in [-0.2, -0.15) is 5.10 Å². The molecule has 9 heteroatoms. The van der Waals surface area contributed by atoms with Crippen molar-refractivity contribution in [3.8, 4) is 11.5 Å². The number of halogens is 2. The Morgan fingerprint density at radius 2 is 1.96 bits per heavy atom. The Balaban J connectivity index is 1.89. The van der Waals surface area contributed by atoms with Crippen molar-refractivity contribution < 1.29 is 23.8 Å². The molecule has 142 valence electrons. The molecule has 7 nitrogen and oxygen atoms in total. The fraction of sp³-hybridized carbons (Fsp3) is 0.167. The van der Waals surface area contributed by atoms with E-state index in [0.717, 1.165) is 0 Å². The number of anilines is 1. The van der Waals surface area contributed by atoms with Crippen molar-refractivity contribution in [1.82, 2.24) is 5.43 Å². The largest absolute Gasteiger partial charge is 0.503 e. The first-order valence-electron chi connectivity index (χ1n) is 7.91. The van der Waals surface area contributed by atoms with Gasteiger partial charge in [-0.1, -0.05) is 11.6 Å². The average Bonchev–Trinajstić information content (AvgIpc) is 2.61. The van der Waals surface area contributed by atoms with Gasteiger partial charge in [-0.15, -0.1) is 0 Å². The van der Waals surface area contributed by atoms with E-state index in [1.54, 1.807) is 6.92 Å². The minimum Gasteiger partial charge on any atom is -0.503 e. The van der Waals surface area contributed by atoms with Gasteiger partial charge >= 0.3 is 0 Å². The first-order valence-corrected chi connectivity index (χ1v) is 8.29. The number of benzene rings is 2. The first kappa shape index (κ1) is 20.2. The number of hydrogen-bond acceptors (Lipinski definition) is 5. The van der Waals surface area contributed by atoms with E-state index in [1.165, 1.54) is 42.6 Å². The summed E-state index contributed by atoms with van der Waals surface area (Å²) in [7, 11) is 0. The molecular formula is C18H17ClFN3O4. The van der Waals surface area contributed by atoms with Crippen molar-refractivity contribution in [2.45, 2.75) is 13.3 Å². The van der Waals surface area contributed by atoms with Crippen LogP contribution in [0.25, 0.3) is 0 Å². The number of nitrogens with zero attached hydrogens (tertiary/aromatic N) is 1. The molecule has 0 atom stereocenters. The summed E-state index contributed by atoms with van der Waals surface area (Å²) < 4.78 is 18.0. The molecule has 2 aromatic carbocycles. The van der Waals surface area contributed by atoms with Crippen LogP contribution >= 0.6 is 11.6 Å². The fourth-order valence-electron chi connectivity index (χ4n) is 2.04. The molecule has 0 spiro atoms. The Bertz CT molecular complexity index is 856. The SMILES string of the molecule is CCOc1cc(/C=N/NC(=O)CC(=O)Nc2ccc(F)cc2)cc(Cl)c1O. The maximum absolute atomic E-state index is 12.8. The van der Waals surface area contributed by atoms with Gasteiger partial charge in [0.05, 0.1) is 17.8 Å². The number of carbonyl (C=O) groups excluding carboxylic acids is 2. The molecule has 0 heterocycles. The van der Waals surface area contributed by atoms with Crippen LogP contribution in [0, 0.1) is 5.82 Å². The van der Waals surface area contributed by atoms with E-state index in [4.69, 9.17) is 16.3 Å². The molecule has 2 rings (SSSR count). The minimum atomic E-state index is -0.638. The maximum atomic E-state index is 12.8. The van der Waals surface area contributed by atoms with E-state index in [9.17, 15) is 19.1 Å². The number of ether oxygens (including phenoxy) is 1. The number of nitrogens with one attached hydrogen (secondary N) is 2. The van der Waals surface area contributed by atoms with Gasteiger partial charge in [-0.25, -0.2) is 9.82 Å². The highest BCUT2D eigenvalue weighted by molar-refractivity contribution is 6.32. The third-order valence-electron chi connectivity index (χ3n) is 3.20. The number of rotatable bonds is 7. The van der Waals surface area contributed by atoms with Crippen molar-refractivity contribution in [3.05, 3.63) is 52.8 Å². The number of hydrazone groups is 1. The van der Waals surface area contributed by atoms with E-state index in [2.05, 4.69) is 15.8 Å². The quantitative estimate of drug-likeness (QED) is 0.382. The van der Waals surface area contributed by atoms with E-state index in [-0.39, 0.29) is 16.5 Å². The van der Waals surface area contributed by atoms with Crippen molar-refractivity contribution in [2.24, 2.45) is 5.10 Å². The van der Waals surface area contributed by atoms with E-state index in [0.29, 0.717) is 17.9 Å². The lowest BCUT2D eigenvalue weighted by atomic mass is 10.2. The smallest absolute Gasteiger partial charge is 0.249 e. The fourth-order valence-corrected chi connectivity index (χ4v) is 2.26. The Morgan fingerprint density at radius 3 is 2.63 bits per heavy atom. The number of amides is 2. The van der Waals surface area contributed by atoms with Crippen LogP contribution in [0.4, 0.5) is 10.1 Å². The van der Waals surface area contributed by atoms with Crippen LogP contribution in [0.1, 0.15) is 18.9 Å². The predicted molar refractivity (Wildman–Crippen MR) is 99.7 cm³/mol. The van der Waals surface area contributed by atoms with Crippen LogP contribution in [-0.4, -0.2) is 29.7 Å². The first-order chi connectivity index (χ1) is 12.9.